The molecule has 0 saturated heterocycles. The van der Waals surface area contributed by atoms with E-state index in [0.29, 0.717) is 30.0 Å². The molecular weight excluding hydrogens is 377 g/mol. The molecule has 0 amide bonds. The van der Waals surface area contributed by atoms with Crippen LogP contribution in [0.1, 0.15) is 28.7 Å². The first kappa shape index (κ1) is 19.4. The molecule has 146 valence electrons. The maximum Gasteiger partial charge on any atom is 0.417 e. The van der Waals surface area contributed by atoms with Gasteiger partial charge in [0.25, 0.3) is 5.89 Å². The van der Waals surface area contributed by atoms with E-state index < -0.39 is 11.7 Å². The summed E-state index contributed by atoms with van der Waals surface area (Å²) in [7, 11) is 0. The quantitative estimate of drug-likeness (QED) is 0.550. The molecule has 0 spiro atoms. The van der Waals surface area contributed by atoms with Crippen LogP contribution in [-0.2, 0) is 12.8 Å². The average molecular weight is 392 g/mol. The standard InChI is InChI=1S/C19H15F3N2O4/c1-2-26-16-9-12(10-25)7-8-15(16)27-11-17-23-18(24-28-17)13-5-3-4-6-14(13)19(20,21)22/h3-10H,2,11H2,1H3. The molecule has 0 unspecified atom stereocenters. The highest BCUT2D eigenvalue weighted by Gasteiger charge is 2.34. The number of benzene rings is 2. The third-order valence-corrected chi connectivity index (χ3v) is 3.70. The predicted octanol–water partition coefficient (Wildman–Crippen LogP) is 4.55. The first-order chi connectivity index (χ1) is 13.4. The number of hydrogen-bond acceptors (Lipinski definition) is 6. The summed E-state index contributed by atoms with van der Waals surface area (Å²) in [6.07, 6.45) is -3.87. The SMILES string of the molecule is CCOc1cc(C=O)ccc1OCc1nc(-c2ccccc2C(F)(F)F)no1. The Morgan fingerprint density at radius 3 is 2.61 bits per heavy atom. The van der Waals surface area contributed by atoms with E-state index in [-0.39, 0.29) is 23.9 Å². The molecule has 1 aromatic heterocycles. The van der Waals surface area contributed by atoms with Gasteiger partial charge in [-0.25, -0.2) is 0 Å². The van der Waals surface area contributed by atoms with Crippen LogP contribution in [0.25, 0.3) is 11.4 Å². The average Bonchev–Trinajstić information content (AvgIpc) is 3.15. The minimum atomic E-state index is -4.54. The zero-order valence-electron chi connectivity index (χ0n) is 14.7. The van der Waals surface area contributed by atoms with Crippen LogP contribution < -0.4 is 9.47 Å². The van der Waals surface area contributed by atoms with Crippen LogP contribution in [0.4, 0.5) is 13.2 Å². The van der Waals surface area contributed by atoms with Crippen LogP contribution in [0.15, 0.2) is 47.0 Å². The second-order valence-corrected chi connectivity index (χ2v) is 5.60. The molecule has 0 aliphatic rings. The van der Waals surface area contributed by atoms with E-state index in [4.69, 9.17) is 14.0 Å². The smallest absolute Gasteiger partial charge is 0.417 e. The lowest BCUT2D eigenvalue weighted by Crippen LogP contribution is -2.07. The second-order valence-electron chi connectivity index (χ2n) is 5.60. The first-order valence-corrected chi connectivity index (χ1v) is 8.26. The summed E-state index contributed by atoms with van der Waals surface area (Å²) in [6.45, 7) is 1.96. The number of rotatable bonds is 7. The highest BCUT2D eigenvalue weighted by Crippen LogP contribution is 2.36. The highest BCUT2D eigenvalue weighted by molar-refractivity contribution is 5.76. The van der Waals surface area contributed by atoms with Crippen molar-refractivity contribution in [3.05, 3.63) is 59.5 Å². The lowest BCUT2D eigenvalue weighted by atomic mass is 10.1. The van der Waals surface area contributed by atoms with Gasteiger partial charge in [-0.2, -0.15) is 18.2 Å². The molecule has 6 nitrogen and oxygen atoms in total. The number of aromatic nitrogens is 2. The maximum absolute atomic E-state index is 13.1. The number of aldehydes is 1. The Morgan fingerprint density at radius 1 is 1.11 bits per heavy atom. The van der Waals surface area contributed by atoms with E-state index in [2.05, 4.69) is 10.1 Å². The summed E-state index contributed by atoms with van der Waals surface area (Å²) in [6, 6.07) is 9.57. The topological polar surface area (TPSA) is 74.5 Å². The summed E-state index contributed by atoms with van der Waals surface area (Å²) < 4.78 is 55.4. The summed E-state index contributed by atoms with van der Waals surface area (Å²) in [5, 5.41) is 3.62. The largest absolute Gasteiger partial charge is 0.490 e. The Kier molecular flexibility index (Phi) is 5.62. The molecule has 0 aliphatic heterocycles. The van der Waals surface area contributed by atoms with E-state index in [1.54, 1.807) is 19.1 Å². The third-order valence-electron chi connectivity index (χ3n) is 3.70. The lowest BCUT2D eigenvalue weighted by Gasteiger charge is -2.11. The van der Waals surface area contributed by atoms with Gasteiger partial charge in [-0.1, -0.05) is 23.4 Å². The van der Waals surface area contributed by atoms with Crippen LogP contribution in [0.5, 0.6) is 11.5 Å². The van der Waals surface area contributed by atoms with E-state index in [9.17, 15) is 18.0 Å². The Morgan fingerprint density at radius 2 is 1.89 bits per heavy atom. The number of halogens is 3. The summed E-state index contributed by atoms with van der Waals surface area (Å²) in [4.78, 5) is 14.9. The summed E-state index contributed by atoms with van der Waals surface area (Å²) >= 11 is 0. The van der Waals surface area contributed by atoms with Crippen LogP contribution in [0, 0.1) is 0 Å². The van der Waals surface area contributed by atoms with Gasteiger partial charge in [0, 0.05) is 11.1 Å². The van der Waals surface area contributed by atoms with E-state index in [1.165, 1.54) is 24.3 Å². The Balaban J connectivity index is 1.79. The van der Waals surface area contributed by atoms with Gasteiger partial charge in [-0.05, 0) is 31.2 Å². The molecule has 0 saturated carbocycles. The highest BCUT2D eigenvalue weighted by atomic mass is 19.4. The van der Waals surface area contributed by atoms with Crippen molar-refractivity contribution in [2.45, 2.75) is 19.7 Å². The second kappa shape index (κ2) is 8.12. The van der Waals surface area contributed by atoms with E-state index in [1.807, 2.05) is 0 Å². The normalized spacial score (nSPS) is 11.3. The van der Waals surface area contributed by atoms with Crippen LogP contribution in [0.2, 0.25) is 0 Å². The molecule has 3 aromatic rings. The molecule has 2 aromatic carbocycles. The molecule has 9 heteroatoms. The van der Waals surface area contributed by atoms with Crippen molar-refractivity contribution in [1.82, 2.24) is 10.1 Å². The molecule has 0 atom stereocenters. The zero-order valence-corrected chi connectivity index (χ0v) is 14.7. The molecule has 0 aliphatic carbocycles. The van der Waals surface area contributed by atoms with E-state index >= 15 is 0 Å². The fourth-order valence-electron chi connectivity index (χ4n) is 2.47. The maximum atomic E-state index is 13.1. The van der Waals surface area contributed by atoms with Gasteiger partial charge in [0.2, 0.25) is 5.82 Å². The fraction of sp³-hybridized carbons (Fsp3) is 0.211. The van der Waals surface area contributed by atoms with Gasteiger partial charge < -0.3 is 14.0 Å². The molecule has 0 fully saturated rings. The van der Waals surface area contributed by atoms with Crippen LogP contribution in [0.3, 0.4) is 0 Å². The van der Waals surface area contributed by atoms with Gasteiger partial charge >= 0.3 is 6.18 Å². The monoisotopic (exact) mass is 392 g/mol. The Hall–Kier alpha value is -3.36. The van der Waals surface area contributed by atoms with Crippen molar-refractivity contribution >= 4 is 6.29 Å². The molecular formula is C19H15F3N2O4. The number of ether oxygens (including phenoxy) is 2. The van der Waals surface area contributed by atoms with Crippen LogP contribution >= 0.6 is 0 Å². The van der Waals surface area contributed by atoms with Crippen molar-refractivity contribution in [3.8, 4) is 22.9 Å². The molecule has 0 radical (unpaired) electrons. The number of alkyl halides is 3. The minimum absolute atomic E-state index is 0.00566. The number of hydrogen-bond donors (Lipinski definition) is 0. The molecule has 1 heterocycles. The molecule has 3 rings (SSSR count). The Bertz CT molecular complexity index is 970. The first-order valence-electron chi connectivity index (χ1n) is 8.26. The van der Waals surface area contributed by atoms with Crippen molar-refractivity contribution < 1.29 is 32.0 Å². The Labute approximate surface area is 157 Å². The zero-order chi connectivity index (χ0) is 20.1. The number of carbonyl (C=O) groups excluding carboxylic acids is 1. The van der Waals surface area contributed by atoms with Gasteiger partial charge in [-0.15, -0.1) is 0 Å². The third kappa shape index (κ3) is 4.30. The van der Waals surface area contributed by atoms with Gasteiger partial charge in [0.1, 0.15) is 6.29 Å². The van der Waals surface area contributed by atoms with Crippen molar-refractivity contribution in [2.75, 3.05) is 6.61 Å². The number of nitrogens with zero attached hydrogens (tertiary/aromatic N) is 2. The van der Waals surface area contributed by atoms with Gasteiger partial charge in [0.15, 0.2) is 18.1 Å². The van der Waals surface area contributed by atoms with Crippen molar-refractivity contribution in [1.29, 1.82) is 0 Å². The van der Waals surface area contributed by atoms with Crippen molar-refractivity contribution in [3.63, 3.8) is 0 Å². The summed E-state index contributed by atoms with van der Waals surface area (Å²) in [5.41, 5.74) is -0.624. The van der Waals surface area contributed by atoms with Gasteiger partial charge in [0.05, 0.1) is 12.2 Å². The summed E-state index contributed by atoms with van der Waals surface area (Å²) in [5.74, 6) is 0.499. The number of carbonyl (C=O) groups is 1. The lowest BCUT2D eigenvalue weighted by molar-refractivity contribution is -0.137. The van der Waals surface area contributed by atoms with Gasteiger partial charge in [-0.3, -0.25) is 4.79 Å². The minimum Gasteiger partial charge on any atom is -0.490 e. The molecule has 28 heavy (non-hydrogen) atoms. The van der Waals surface area contributed by atoms with Crippen LogP contribution in [-0.4, -0.2) is 23.0 Å². The molecule has 0 N–H and O–H groups in total. The molecule has 0 bridgehead atoms. The predicted molar refractivity (Wildman–Crippen MR) is 92.1 cm³/mol. The fourth-order valence-corrected chi connectivity index (χ4v) is 2.47. The van der Waals surface area contributed by atoms with Crippen molar-refractivity contribution in [2.24, 2.45) is 0 Å². The van der Waals surface area contributed by atoms with E-state index in [0.717, 1.165) is 6.07 Å².